The Labute approximate surface area is 186 Å². The van der Waals surface area contributed by atoms with E-state index in [1.807, 2.05) is 19.2 Å². The number of hydrogen-bond acceptors (Lipinski definition) is 4. The molecule has 1 aromatic heterocycles. The van der Waals surface area contributed by atoms with Crippen molar-refractivity contribution in [2.75, 3.05) is 19.6 Å². The zero-order valence-electron chi connectivity index (χ0n) is 18.9. The standard InChI is InChI=1S/C26H35N5/c1-3-17-28-23(4-2)20-30(18-11-10-16-27)21-26-29-24-14-8-9-15-25(24)31(26)19-22-12-6-5-7-13-22/h3,5-9,12-15,17H,4,10-11,16,18-21,27H2,1-2H3/b17-3-,28-23+. The fourth-order valence-electron chi connectivity index (χ4n) is 3.76. The van der Waals surface area contributed by atoms with Gasteiger partial charge in [0.2, 0.25) is 0 Å². The van der Waals surface area contributed by atoms with Gasteiger partial charge in [0, 0.05) is 25.0 Å². The van der Waals surface area contributed by atoms with Crippen LogP contribution in [0.25, 0.3) is 11.0 Å². The highest BCUT2D eigenvalue weighted by Crippen LogP contribution is 2.19. The number of nitrogens with zero attached hydrogens (tertiary/aromatic N) is 4. The van der Waals surface area contributed by atoms with Crippen molar-refractivity contribution < 1.29 is 0 Å². The van der Waals surface area contributed by atoms with Gasteiger partial charge in [-0.2, -0.15) is 0 Å². The predicted octanol–water partition coefficient (Wildman–Crippen LogP) is 5.01. The van der Waals surface area contributed by atoms with Crippen LogP contribution in [0.3, 0.4) is 0 Å². The number of benzene rings is 2. The number of nitrogens with two attached hydrogens (primary N) is 1. The lowest BCUT2D eigenvalue weighted by molar-refractivity contribution is 0.285. The summed E-state index contributed by atoms with van der Waals surface area (Å²) in [6, 6.07) is 19.0. The fourth-order valence-corrected chi connectivity index (χ4v) is 3.76. The van der Waals surface area contributed by atoms with Gasteiger partial charge >= 0.3 is 0 Å². The number of aromatic nitrogens is 2. The molecule has 0 spiro atoms. The molecule has 0 bridgehead atoms. The third-order valence-corrected chi connectivity index (χ3v) is 5.43. The summed E-state index contributed by atoms with van der Waals surface area (Å²) in [6.07, 6.45) is 6.92. The van der Waals surface area contributed by atoms with E-state index < -0.39 is 0 Å². The summed E-state index contributed by atoms with van der Waals surface area (Å²) >= 11 is 0. The van der Waals surface area contributed by atoms with E-state index in [9.17, 15) is 0 Å². The Balaban J connectivity index is 1.90. The molecule has 164 valence electrons. The van der Waals surface area contributed by atoms with Gasteiger partial charge in [-0.15, -0.1) is 0 Å². The minimum absolute atomic E-state index is 0.730. The summed E-state index contributed by atoms with van der Waals surface area (Å²) in [5, 5.41) is 0. The smallest absolute Gasteiger partial charge is 0.124 e. The molecule has 0 amide bonds. The largest absolute Gasteiger partial charge is 0.330 e. The number of hydrogen-bond donors (Lipinski definition) is 1. The summed E-state index contributed by atoms with van der Waals surface area (Å²) in [5.41, 5.74) is 10.5. The van der Waals surface area contributed by atoms with E-state index >= 15 is 0 Å². The molecular weight excluding hydrogens is 382 g/mol. The molecule has 2 N–H and O–H groups in total. The molecule has 0 unspecified atom stereocenters. The first-order valence-corrected chi connectivity index (χ1v) is 11.3. The third kappa shape index (κ3) is 6.61. The molecule has 0 aliphatic heterocycles. The lowest BCUT2D eigenvalue weighted by atomic mass is 10.2. The number of allylic oxidation sites excluding steroid dienone is 1. The minimum Gasteiger partial charge on any atom is -0.330 e. The van der Waals surface area contributed by atoms with E-state index in [1.165, 1.54) is 16.8 Å². The zero-order chi connectivity index (χ0) is 21.9. The average Bonchev–Trinajstić information content (AvgIpc) is 3.14. The molecule has 31 heavy (non-hydrogen) atoms. The molecule has 3 aromatic rings. The van der Waals surface area contributed by atoms with E-state index in [-0.39, 0.29) is 0 Å². The summed E-state index contributed by atoms with van der Waals surface area (Å²) in [6.45, 7) is 8.35. The molecule has 0 saturated carbocycles. The van der Waals surface area contributed by atoms with Crippen LogP contribution in [0, 0.1) is 0 Å². The number of imidazole rings is 1. The topological polar surface area (TPSA) is 59.4 Å². The van der Waals surface area contributed by atoms with Crippen LogP contribution in [0.5, 0.6) is 0 Å². The van der Waals surface area contributed by atoms with Crippen LogP contribution in [0.1, 0.15) is 44.5 Å². The number of aliphatic imine (C=N–C) groups is 1. The molecule has 0 aliphatic rings. The first kappa shape index (κ1) is 22.9. The molecular formula is C26H35N5. The van der Waals surface area contributed by atoms with Crippen LogP contribution in [0.15, 0.2) is 71.9 Å². The molecule has 0 aliphatic carbocycles. The molecule has 2 aromatic carbocycles. The first-order valence-electron chi connectivity index (χ1n) is 11.3. The Morgan fingerprint density at radius 3 is 2.61 bits per heavy atom. The lowest BCUT2D eigenvalue weighted by Gasteiger charge is -2.23. The van der Waals surface area contributed by atoms with Crippen LogP contribution >= 0.6 is 0 Å². The highest BCUT2D eigenvalue weighted by atomic mass is 15.2. The van der Waals surface area contributed by atoms with Crippen LogP contribution in [0.4, 0.5) is 0 Å². The van der Waals surface area contributed by atoms with E-state index in [2.05, 4.69) is 76.0 Å². The van der Waals surface area contributed by atoms with E-state index in [0.29, 0.717) is 0 Å². The normalized spacial score (nSPS) is 12.5. The molecule has 0 fully saturated rings. The highest BCUT2D eigenvalue weighted by molar-refractivity contribution is 5.86. The molecule has 1 heterocycles. The Morgan fingerprint density at radius 1 is 1.10 bits per heavy atom. The van der Waals surface area contributed by atoms with Gasteiger partial charge in [-0.3, -0.25) is 9.89 Å². The van der Waals surface area contributed by atoms with Gasteiger partial charge < -0.3 is 10.3 Å². The quantitative estimate of drug-likeness (QED) is 0.333. The SMILES string of the molecule is C/C=C\N=C(/CC)CN(CCCCN)Cc1nc2ccccc2n1Cc1ccccc1. The van der Waals surface area contributed by atoms with Crippen molar-refractivity contribution in [1.29, 1.82) is 0 Å². The van der Waals surface area contributed by atoms with Crippen LogP contribution in [0.2, 0.25) is 0 Å². The minimum atomic E-state index is 0.730. The highest BCUT2D eigenvalue weighted by Gasteiger charge is 2.16. The van der Waals surface area contributed by atoms with Gasteiger partial charge in [0.05, 0.1) is 17.6 Å². The maximum absolute atomic E-state index is 5.75. The van der Waals surface area contributed by atoms with Crippen molar-refractivity contribution in [3.8, 4) is 0 Å². The monoisotopic (exact) mass is 417 g/mol. The van der Waals surface area contributed by atoms with Crippen LogP contribution < -0.4 is 5.73 Å². The number of fused-ring (bicyclic) bond motifs is 1. The zero-order valence-corrected chi connectivity index (χ0v) is 18.9. The van der Waals surface area contributed by atoms with Gasteiger partial charge in [-0.1, -0.05) is 55.5 Å². The second-order valence-corrected chi connectivity index (χ2v) is 7.83. The summed E-state index contributed by atoms with van der Waals surface area (Å²) < 4.78 is 2.36. The molecule has 5 heteroatoms. The van der Waals surface area contributed by atoms with E-state index in [1.54, 1.807) is 0 Å². The fraction of sp³-hybridized carbons (Fsp3) is 0.385. The molecule has 5 nitrogen and oxygen atoms in total. The molecule has 0 radical (unpaired) electrons. The van der Waals surface area contributed by atoms with E-state index in [0.717, 1.165) is 63.3 Å². The number of para-hydroxylation sites is 2. The molecule has 0 saturated heterocycles. The predicted molar refractivity (Wildman–Crippen MR) is 131 cm³/mol. The Hall–Kier alpha value is -2.76. The Bertz CT molecular complexity index is 987. The second-order valence-electron chi connectivity index (χ2n) is 7.83. The van der Waals surface area contributed by atoms with Gasteiger partial charge in [0.25, 0.3) is 0 Å². The van der Waals surface area contributed by atoms with Crippen LogP contribution in [-0.2, 0) is 13.1 Å². The van der Waals surface area contributed by atoms with Crippen molar-refractivity contribution in [2.24, 2.45) is 10.7 Å². The van der Waals surface area contributed by atoms with Gasteiger partial charge in [-0.25, -0.2) is 4.98 Å². The van der Waals surface area contributed by atoms with Crippen molar-refractivity contribution in [3.63, 3.8) is 0 Å². The molecule has 3 rings (SSSR count). The molecule has 0 atom stereocenters. The Morgan fingerprint density at radius 2 is 1.87 bits per heavy atom. The van der Waals surface area contributed by atoms with Gasteiger partial charge in [0.15, 0.2) is 0 Å². The summed E-state index contributed by atoms with van der Waals surface area (Å²) in [7, 11) is 0. The summed E-state index contributed by atoms with van der Waals surface area (Å²) in [4.78, 5) is 12.1. The van der Waals surface area contributed by atoms with Gasteiger partial charge in [-0.05, 0) is 57.0 Å². The van der Waals surface area contributed by atoms with Crippen molar-refractivity contribution in [2.45, 2.75) is 46.2 Å². The lowest BCUT2D eigenvalue weighted by Crippen LogP contribution is -2.32. The summed E-state index contributed by atoms with van der Waals surface area (Å²) in [5.74, 6) is 1.10. The number of unbranched alkanes of at least 4 members (excludes halogenated alkanes) is 1. The second kappa shape index (κ2) is 12.2. The average molecular weight is 418 g/mol. The maximum Gasteiger partial charge on any atom is 0.124 e. The van der Waals surface area contributed by atoms with Gasteiger partial charge in [0.1, 0.15) is 5.82 Å². The van der Waals surface area contributed by atoms with Crippen molar-refractivity contribution in [1.82, 2.24) is 14.5 Å². The Kier molecular flexibility index (Phi) is 9.00. The number of rotatable bonds is 12. The van der Waals surface area contributed by atoms with Crippen molar-refractivity contribution >= 4 is 16.7 Å². The third-order valence-electron chi connectivity index (χ3n) is 5.43. The first-order chi connectivity index (χ1) is 15.2. The van der Waals surface area contributed by atoms with E-state index in [4.69, 9.17) is 10.7 Å². The van der Waals surface area contributed by atoms with Crippen molar-refractivity contribution in [3.05, 3.63) is 78.3 Å². The van der Waals surface area contributed by atoms with Crippen LogP contribution in [-0.4, -0.2) is 39.8 Å². The maximum atomic E-state index is 5.75.